The van der Waals surface area contributed by atoms with Gasteiger partial charge in [0.25, 0.3) is 0 Å². The molecule has 0 atom stereocenters. The van der Waals surface area contributed by atoms with Crippen LogP contribution in [0.15, 0.2) is 34.8 Å². The Bertz CT molecular complexity index is 351. The van der Waals surface area contributed by atoms with E-state index in [0.717, 1.165) is 24.2 Å². The molecule has 1 aromatic rings. The largest absolute Gasteiger partial charge is 0.472 e. The SMILES string of the molecule is CN(Cc1ccoc1)C1=CC(=O)CC1. The maximum atomic E-state index is 11.0. The van der Waals surface area contributed by atoms with E-state index in [9.17, 15) is 4.79 Å². The fraction of sp³-hybridized carbons (Fsp3) is 0.364. The van der Waals surface area contributed by atoms with E-state index in [1.54, 1.807) is 18.6 Å². The first-order valence-electron chi connectivity index (χ1n) is 4.71. The number of nitrogens with zero attached hydrogens (tertiary/aromatic N) is 1. The molecule has 0 unspecified atom stereocenters. The van der Waals surface area contributed by atoms with Crippen LogP contribution in [-0.2, 0) is 11.3 Å². The molecule has 1 aliphatic carbocycles. The summed E-state index contributed by atoms with van der Waals surface area (Å²) >= 11 is 0. The van der Waals surface area contributed by atoms with Crippen LogP contribution in [0.3, 0.4) is 0 Å². The van der Waals surface area contributed by atoms with Gasteiger partial charge in [-0.05, 0) is 12.5 Å². The Balaban J connectivity index is 1.99. The molecule has 2 rings (SSSR count). The number of rotatable bonds is 3. The third kappa shape index (κ3) is 1.87. The van der Waals surface area contributed by atoms with Gasteiger partial charge in [0, 0.05) is 37.3 Å². The third-order valence-electron chi connectivity index (χ3n) is 2.45. The summed E-state index contributed by atoms with van der Waals surface area (Å²) in [6.45, 7) is 0.801. The molecule has 0 saturated carbocycles. The van der Waals surface area contributed by atoms with Gasteiger partial charge in [-0.25, -0.2) is 0 Å². The minimum Gasteiger partial charge on any atom is -0.472 e. The molecule has 1 aliphatic rings. The topological polar surface area (TPSA) is 33.5 Å². The molecule has 14 heavy (non-hydrogen) atoms. The van der Waals surface area contributed by atoms with Crippen LogP contribution in [0.1, 0.15) is 18.4 Å². The lowest BCUT2D eigenvalue weighted by Gasteiger charge is -2.18. The van der Waals surface area contributed by atoms with Crippen LogP contribution in [0.25, 0.3) is 0 Å². The number of hydrogen-bond acceptors (Lipinski definition) is 3. The van der Waals surface area contributed by atoms with Gasteiger partial charge in [0.1, 0.15) is 0 Å². The van der Waals surface area contributed by atoms with Crippen molar-refractivity contribution in [3.63, 3.8) is 0 Å². The van der Waals surface area contributed by atoms with Crippen LogP contribution in [-0.4, -0.2) is 17.7 Å². The summed E-state index contributed by atoms with van der Waals surface area (Å²) in [6.07, 6.45) is 6.66. The first-order chi connectivity index (χ1) is 6.75. The summed E-state index contributed by atoms with van der Waals surface area (Å²) in [5.41, 5.74) is 2.25. The van der Waals surface area contributed by atoms with E-state index in [0.29, 0.717) is 6.42 Å². The van der Waals surface area contributed by atoms with Crippen LogP contribution < -0.4 is 0 Å². The second kappa shape index (κ2) is 3.70. The molecule has 0 spiro atoms. The molecule has 74 valence electrons. The van der Waals surface area contributed by atoms with Crippen LogP contribution in [0.5, 0.6) is 0 Å². The van der Waals surface area contributed by atoms with E-state index >= 15 is 0 Å². The van der Waals surface area contributed by atoms with Crippen molar-refractivity contribution in [2.45, 2.75) is 19.4 Å². The van der Waals surface area contributed by atoms with Crippen LogP contribution >= 0.6 is 0 Å². The van der Waals surface area contributed by atoms with Crippen molar-refractivity contribution in [1.82, 2.24) is 4.90 Å². The number of carbonyl (C=O) groups excluding carboxylic acids is 1. The summed E-state index contributed by atoms with van der Waals surface area (Å²) in [7, 11) is 2.00. The van der Waals surface area contributed by atoms with E-state index in [4.69, 9.17) is 4.42 Å². The van der Waals surface area contributed by atoms with Gasteiger partial charge in [0.2, 0.25) is 0 Å². The Morgan fingerprint density at radius 1 is 1.50 bits per heavy atom. The zero-order valence-electron chi connectivity index (χ0n) is 8.19. The highest BCUT2D eigenvalue weighted by molar-refractivity contribution is 5.92. The van der Waals surface area contributed by atoms with Crippen LogP contribution in [0.2, 0.25) is 0 Å². The Morgan fingerprint density at radius 3 is 2.93 bits per heavy atom. The number of ketones is 1. The molecular formula is C11H13NO2. The fourth-order valence-electron chi connectivity index (χ4n) is 1.64. The number of carbonyl (C=O) groups is 1. The van der Waals surface area contributed by atoms with E-state index in [1.165, 1.54) is 0 Å². The first kappa shape index (κ1) is 9.06. The molecule has 3 nitrogen and oxygen atoms in total. The van der Waals surface area contributed by atoms with Gasteiger partial charge >= 0.3 is 0 Å². The zero-order valence-corrected chi connectivity index (χ0v) is 8.19. The van der Waals surface area contributed by atoms with Crippen molar-refractivity contribution in [2.24, 2.45) is 0 Å². The third-order valence-corrected chi connectivity index (χ3v) is 2.45. The number of furan rings is 1. The maximum absolute atomic E-state index is 11.0. The molecule has 1 aromatic heterocycles. The van der Waals surface area contributed by atoms with E-state index in [2.05, 4.69) is 4.90 Å². The summed E-state index contributed by atoms with van der Waals surface area (Å²) in [5.74, 6) is 0.235. The zero-order chi connectivity index (χ0) is 9.97. The molecule has 0 amide bonds. The van der Waals surface area contributed by atoms with Crippen molar-refractivity contribution >= 4 is 5.78 Å². The summed E-state index contributed by atoms with van der Waals surface area (Å²) in [4.78, 5) is 13.1. The predicted octanol–water partition coefficient (Wildman–Crippen LogP) is 1.96. The number of allylic oxidation sites excluding steroid dienone is 2. The average molecular weight is 191 g/mol. The highest BCUT2D eigenvalue weighted by atomic mass is 16.3. The lowest BCUT2D eigenvalue weighted by molar-refractivity contribution is -0.114. The summed E-state index contributed by atoms with van der Waals surface area (Å²) < 4.78 is 4.99. The Labute approximate surface area is 83.0 Å². The number of hydrogen-bond donors (Lipinski definition) is 0. The highest BCUT2D eigenvalue weighted by Crippen LogP contribution is 2.19. The van der Waals surface area contributed by atoms with Crippen molar-refractivity contribution in [3.05, 3.63) is 35.9 Å². The van der Waals surface area contributed by atoms with Crippen molar-refractivity contribution in [1.29, 1.82) is 0 Å². The Kier molecular flexibility index (Phi) is 2.39. The predicted molar refractivity (Wildman–Crippen MR) is 52.5 cm³/mol. The molecule has 0 aliphatic heterocycles. The van der Waals surface area contributed by atoms with Gasteiger partial charge in [-0.15, -0.1) is 0 Å². The molecule has 0 saturated heterocycles. The summed E-state index contributed by atoms with van der Waals surface area (Å²) in [5, 5.41) is 0. The maximum Gasteiger partial charge on any atom is 0.157 e. The van der Waals surface area contributed by atoms with Gasteiger partial charge in [0.15, 0.2) is 5.78 Å². The van der Waals surface area contributed by atoms with Gasteiger partial charge in [-0.1, -0.05) is 0 Å². The van der Waals surface area contributed by atoms with Gasteiger partial charge in [0.05, 0.1) is 12.5 Å². The quantitative estimate of drug-likeness (QED) is 0.732. The van der Waals surface area contributed by atoms with Gasteiger partial charge < -0.3 is 9.32 Å². The molecule has 0 fully saturated rings. The lowest BCUT2D eigenvalue weighted by atomic mass is 10.3. The molecule has 0 radical (unpaired) electrons. The van der Waals surface area contributed by atoms with Gasteiger partial charge in [-0.2, -0.15) is 0 Å². The minimum atomic E-state index is 0.235. The van der Waals surface area contributed by atoms with E-state index < -0.39 is 0 Å². The summed E-state index contributed by atoms with van der Waals surface area (Å²) in [6, 6.07) is 1.94. The van der Waals surface area contributed by atoms with E-state index in [1.807, 2.05) is 13.1 Å². The molecular weight excluding hydrogens is 178 g/mol. The standard InChI is InChI=1S/C11H13NO2/c1-12(7-9-4-5-14-8-9)10-2-3-11(13)6-10/h4-6,8H,2-3,7H2,1H3. The molecule has 3 heteroatoms. The van der Waals surface area contributed by atoms with Crippen molar-refractivity contribution in [3.8, 4) is 0 Å². The second-order valence-electron chi connectivity index (χ2n) is 3.59. The lowest BCUT2D eigenvalue weighted by Crippen LogP contribution is -2.15. The van der Waals surface area contributed by atoms with Gasteiger partial charge in [-0.3, -0.25) is 4.79 Å². The highest BCUT2D eigenvalue weighted by Gasteiger charge is 2.15. The van der Waals surface area contributed by atoms with Crippen molar-refractivity contribution in [2.75, 3.05) is 7.05 Å². The Hall–Kier alpha value is -1.51. The first-order valence-corrected chi connectivity index (χ1v) is 4.71. The fourth-order valence-corrected chi connectivity index (χ4v) is 1.64. The van der Waals surface area contributed by atoms with Crippen molar-refractivity contribution < 1.29 is 9.21 Å². The smallest absolute Gasteiger partial charge is 0.157 e. The van der Waals surface area contributed by atoms with E-state index in [-0.39, 0.29) is 5.78 Å². The normalized spacial score (nSPS) is 15.8. The molecule has 0 bridgehead atoms. The van der Waals surface area contributed by atoms with Crippen LogP contribution in [0, 0.1) is 0 Å². The average Bonchev–Trinajstić information content (AvgIpc) is 2.75. The molecule has 1 heterocycles. The molecule has 0 aromatic carbocycles. The second-order valence-corrected chi connectivity index (χ2v) is 3.59. The monoisotopic (exact) mass is 191 g/mol. The van der Waals surface area contributed by atoms with Crippen LogP contribution in [0.4, 0.5) is 0 Å². The Morgan fingerprint density at radius 2 is 2.36 bits per heavy atom. The molecule has 0 N–H and O–H groups in total. The minimum absolute atomic E-state index is 0.235.